The Hall–Kier alpha value is -0.650. The molecule has 0 bridgehead atoms. The van der Waals surface area contributed by atoms with Gasteiger partial charge in [-0.05, 0) is 26.2 Å². The molecule has 2 fully saturated rings. The molecule has 16 heavy (non-hydrogen) atoms. The molecule has 3 N–H and O–H groups in total. The van der Waals surface area contributed by atoms with Crippen molar-refractivity contribution in [2.24, 2.45) is 0 Å². The number of likely N-dealkylation sites (tertiary alicyclic amines) is 1. The summed E-state index contributed by atoms with van der Waals surface area (Å²) in [5.41, 5.74) is 4.90. The van der Waals surface area contributed by atoms with Gasteiger partial charge in [0.1, 0.15) is 5.60 Å². The summed E-state index contributed by atoms with van der Waals surface area (Å²) in [7, 11) is 0. The van der Waals surface area contributed by atoms with Gasteiger partial charge in [0.05, 0.1) is 4.88 Å². The van der Waals surface area contributed by atoms with Gasteiger partial charge in [0.25, 0.3) is 0 Å². The van der Waals surface area contributed by atoms with E-state index in [9.17, 15) is 5.11 Å². The molecule has 3 rings (SSSR count). The van der Waals surface area contributed by atoms with Gasteiger partial charge < -0.3 is 10.8 Å². The summed E-state index contributed by atoms with van der Waals surface area (Å²) in [6.45, 7) is 2.93. The zero-order valence-electron chi connectivity index (χ0n) is 9.39. The van der Waals surface area contributed by atoms with Crippen molar-refractivity contribution in [3.63, 3.8) is 0 Å². The molecule has 2 unspecified atom stereocenters. The SMILES string of the molecule is CC1CC(O)(c2cnc(N)s2)CN1C1CC1. The molecule has 1 aromatic rings. The second-order valence-corrected chi connectivity index (χ2v) is 6.11. The molecule has 1 aromatic heterocycles. The minimum atomic E-state index is -0.725. The van der Waals surface area contributed by atoms with Crippen molar-refractivity contribution in [2.45, 2.75) is 43.9 Å². The molecular formula is C11H17N3OS. The smallest absolute Gasteiger partial charge is 0.180 e. The highest BCUT2D eigenvalue weighted by Gasteiger charge is 2.47. The van der Waals surface area contributed by atoms with Gasteiger partial charge in [-0.2, -0.15) is 0 Å². The third kappa shape index (κ3) is 1.63. The first-order valence-corrected chi connectivity index (χ1v) is 6.60. The normalized spacial score (nSPS) is 35.8. The standard InChI is InChI=1S/C11H17N3OS/c1-7-4-11(15,6-14(7)8-2-3-8)9-5-13-10(12)16-9/h5,7-8,15H,2-4,6H2,1H3,(H2,12,13). The van der Waals surface area contributed by atoms with Crippen LogP contribution in [-0.4, -0.2) is 33.6 Å². The van der Waals surface area contributed by atoms with Crippen LogP contribution in [0.5, 0.6) is 0 Å². The third-order valence-electron chi connectivity index (χ3n) is 3.64. The van der Waals surface area contributed by atoms with Crippen LogP contribution >= 0.6 is 11.3 Å². The van der Waals surface area contributed by atoms with E-state index < -0.39 is 5.60 Å². The minimum absolute atomic E-state index is 0.459. The van der Waals surface area contributed by atoms with Crippen LogP contribution in [0.1, 0.15) is 31.1 Å². The van der Waals surface area contributed by atoms with Gasteiger partial charge in [0.2, 0.25) is 0 Å². The average molecular weight is 239 g/mol. The van der Waals surface area contributed by atoms with Gasteiger partial charge in [0.15, 0.2) is 5.13 Å². The van der Waals surface area contributed by atoms with Gasteiger partial charge in [-0.25, -0.2) is 4.98 Å². The van der Waals surface area contributed by atoms with Crippen molar-refractivity contribution in [3.8, 4) is 0 Å². The van der Waals surface area contributed by atoms with Crippen molar-refractivity contribution in [1.29, 1.82) is 0 Å². The van der Waals surface area contributed by atoms with Gasteiger partial charge >= 0.3 is 0 Å². The monoisotopic (exact) mass is 239 g/mol. The van der Waals surface area contributed by atoms with Crippen LogP contribution in [0.4, 0.5) is 5.13 Å². The fraction of sp³-hybridized carbons (Fsp3) is 0.727. The second-order valence-electron chi connectivity index (χ2n) is 5.05. The topological polar surface area (TPSA) is 62.4 Å². The van der Waals surface area contributed by atoms with E-state index in [2.05, 4.69) is 16.8 Å². The Balaban J connectivity index is 1.84. The number of nitrogens with two attached hydrogens (primary N) is 1. The van der Waals surface area contributed by atoms with E-state index in [1.807, 2.05) is 0 Å². The van der Waals surface area contributed by atoms with E-state index in [0.717, 1.165) is 17.8 Å². The number of β-amino-alcohol motifs (C(OH)–C–C–N with tert-alkyl or cyclic N) is 1. The van der Waals surface area contributed by atoms with Gasteiger partial charge in [-0.15, -0.1) is 0 Å². The first-order chi connectivity index (χ1) is 7.58. The Morgan fingerprint density at radius 2 is 2.38 bits per heavy atom. The molecule has 2 heterocycles. The summed E-state index contributed by atoms with van der Waals surface area (Å²) in [5.74, 6) is 0. The molecule has 1 aliphatic heterocycles. The Kier molecular flexibility index (Phi) is 2.24. The molecule has 1 aliphatic carbocycles. The van der Waals surface area contributed by atoms with Crippen molar-refractivity contribution >= 4 is 16.5 Å². The van der Waals surface area contributed by atoms with Crippen molar-refractivity contribution in [2.75, 3.05) is 12.3 Å². The number of aromatic nitrogens is 1. The summed E-state index contributed by atoms with van der Waals surface area (Å²) in [5, 5.41) is 11.2. The largest absolute Gasteiger partial charge is 0.383 e. The molecule has 4 nitrogen and oxygen atoms in total. The molecular weight excluding hydrogens is 222 g/mol. The number of thiazole rings is 1. The van der Waals surface area contributed by atoms with E-state index in [1.54, 1.807) is 6.20 Å². The van der Waals surface area contributed by atoms with Crippen molar-refractivity contribution < 1.29 is 5.11 Å². The summed E-state index contributed by atoms with van der Waals surface area (Å²) >= 11 is 1.41. The zero-order chi connectivity index (χ0) is 11.3. The lowest BCUT2D eigenvalue weighted by Crippen LogP contribution is -2.32. The lowest BCUT2D eigenvalue weighted by molar-refractivity contribution is 0.0486. The number of hydrogen-bond donors (Lipinski definition) is 2. The van der Waals surface area contributed by atoms with Crippen LogP contribution < -0.4 is 5.73 Å². The van der Waals surface area contributed by atoms with Crippen molar-refractivity contribution in [3.05, 3.63) is 11.1 Å². The predicted molar refractivity (Wildman–Crippen MR) is 64.2 cm³/mol. The van der Waals surface area contributed by atoms with E-state index in [4.69, 9.17) is 5.73 Å². The summed E-state index contributed by atoms with van der Waals surface area (Å²) < 4.78 is 0. The molecule has 0 aromatic carbocycles. The molecule has 1 saturated carbocycles. The predicted octanol–water partition coefficient (Wildman–Crippen LogP) is 1.17. The summed E-state index contributed by atoms with van der Waals surface area (Å²) in [6, 6.07) is 1.16. The Labute approximate surface area is 99.1 Å². The third-order valence-corrected chi connectivity index (χ3v) is 4.66. The second kappa shape index (κ2) is 3.42. The van der Waals surface area contributed by atoms with Crippen LogP contribution in [0, 0.1) is 0 Å². The number of nitrogen functional groups attached to an aromatic ring is 1. The zero-order valence-corrected chi connectivity index (χ0v) is 10.2. The number of hydrogen-bond acceptors (Lipinski definition) is 5. The fourth-order valence-corrected chi connectivity index (χ4v) is 3.48. The fourth-order valence-electron chi connectivity index (χ4n) is 2.70. The molecule has 5 heteroatoms. The number of anilines is 1. The first kappa shape index (κ1) is 10.5. The Morgan fingerprint density at radius 1 is 1.62 bits per heavy atom. The molecule has 88 valence electrons. The summed E-state index contributed by atoms with van der Waals surface area (Å²) in [6.07, 6.45) is 5.09. The molecule has 0 radical (unpaired) electrons. The van der Waals surface area contributed by atoms with E-state index >= 15 is 0 Å². The highest BCUT2D eigenvalue weighted by atomic mass is 32.1. The lowest BCUT2D eigenvalue weighted by atomic mass is 10.00. The van der Waals surface area contributed by atoms with Crippen molar-refractivity contribution in [1.82, 2.24) is 9.88 Å². The van der Waals surface area contributed by atoms with E-state index in [0.29, 0.717) is 17.2 Å². The molecule has 2 atom stereocenters. The number of nitrogens with zero attached hydrogens (tertiary/aromatic N) is 2. The summed E-state index contributed by atoms with van der Waals surface area (Å²) in [4.78, 5) is 7.38. The minimum Gasteiger partial charge on any atom is -0.383 e. The molecule has 1 saturated heterocycles. The van der Waals surface area contributed by atoms with E-state index in [-0.39, 0.29) is 0 Å². The maximum Gasteiger partial charge on any atom is 0.180 e. The Morgan fingerprint density at radius 3 is 2.94 bits per heavy atom. The lowest BCUT2D eigenvalue weighted by Gasteiger charge is -2.22. The molecule has 0 spiro atoms. The van der Waals surface area contributed by atoms with E-state index in [1.165, 1.54) is 24.2 Å². The van der Waals surface area contributed by atoms with Gasteiger partial charge in [-0.3, -0.25) is 4.90 Å². The van der Waals surface area contributed by atoms with Crippen LogP contribution in [0.15, 0.2) is 6.20 Å². The number of rotatable bonds is 2. The van der Waals surface area contributed by atoms with Gasteiger partial charge in [0, 0.05) is 24.8 Å². The number of aliphatic hydroxyl groups is 1. The highest BCUT2D eigenvalue weighted by molar-refractivity contribution is 7.15. The van der Waals surface area contributed by atoms with Crippen LogP contribution in [0.3, 0.4) is 0 Å². The Bertz CT molecular complexity index is 404. The molecule has 2 aliphatic rings. The maximum absolute atomic E-state index is 10.7. The van der Waals surface area contributed by atoms with Crippen LogP contribution in [0.25, 0.3) is 0 Å². The average Bonchev–Trinajstić information content (AvgIpc) is 2.89. The first-order valence-electron chi connectivity index (χ1n) is 5.78. The highest BCUT2D eigenvalue weighted by Crippen LogP contribution is 2.43. The van der Waals surface area contributed by atoms with Crippen LogP contribution in [0.2, 0.25) is 0 Å². The maximum atomic E-state index is 10.7. The van der Waals surface area contributed by atoms with Crippen LogP contribution in [-0.2, 0) is 5.60 Å². The van der Waals surface area contributed by atoms with Gasteiger partial charge in [-0.1, -0.05) is 11.3 Å². The quantitative estimate of drug-likeness (QED) is 0.813. The molecule has 0 amide bonds.